The first-order valence-corrected chi connectivity index (χ1v) is 6.85. The van der Waals surface area contributed by atoms with Crippen LogP contribution in [0, 0.1) is 5.82 Å². The van der Waals surface area contributed by atoms with E-state index >= 15 is 0 Å². The number of hydrogen-bond donors (Lipinski definition) is 1. The molecule has 0 saturated heterocycles. The second-order valence-electron chi connectivity index (χ2n) is 3.90. The summed E-state index contributed by atoms with van der Waals surface area (Å²) in [6.07, 6.45) is 0. The summed E-state index contributed by atoms with van der Waals surface area (Å²) in [5, 5.41) is 2.52. The van der Waals surface area contributed by atoms with E-state index in [0.29, 0.717) is 11.4 Å². The normalized spacial score (nSPS) is 10.2. The minimum Gasteiger partial charge on any atom is -0.483 e. The Kier molecular flexibility index (Phi) is 4.98. The SMILES string of the molecule is O=C(COc1ccccc1Br)Nc1ccc(F)c(Cl)c1. The molecule has 0 bridgehead atoms. The maximum absolute atomic E-state index is 13.0. The smallest absolute Gasteiger partial charge is 0.262 e. The van der Waals surface area contributed by atoms with Crippen molar-refractivity contribution in [2.45, 2.75) is 0 Å². The van der Waals surface area contributed by atoms with Gasteiger partial charge in [0, 0.05) is 5.69 Å². The Balaban J connectivity index is 1.93. The number of hydrogen-bond acceptors (Lipinski definition) is 2. The van der Waals surface area contributed by atoms with E-state index in [1.807, 2.05) is 12.1 Å². The molecule has 0 fully saturated rings. The molecule has 0 radical (unpaired) electrons. The molecule has 0 saturated carbocycles. The van der Waals surface area contributed by atoms with Gasteiger partial charge in [-0.05, 0) is 46.3 Å². The van der Waals surface area contributed by atoms with E-state index in [1.165, 1.54) is 18.2 Å². The van der Waals surface area contributed by atoms with Gasteiger partial charge in [0.15, 0.2) is 6.61 Å². The molecule has 3 nitrogen and oxygen atoms in total. The maximum atomic E-state index is 13.0. The lowest BCUT2D eigenvalue weighted by molar-refractivity contribution is -0.118. The highest BCUT2D eigenvalue weighted by molar-refractivity contribution is 9.10. The molecular weight excluding hydrogens is 349 g/mol. The number of rotatable bonds is 4. The van der Waals surface area contributed by atoms with Crippen molar-refractivity contribution >= 4 is 39.1 Å². The lowest BCUT2D eigenvalue weighted by atomic mass is 10.3. The molecule has 0 heterocycles. The van der Waals surface area contributed by atoms with Crippen LogP contribution in [-0.2, 0) is 4.79 Å². The van der Waals surface area contributed by atoms with Crippen LogP contribution >= 0.6 is 27.5 Å². The Bertz CT molecular complexity index is 636. The van der Waals surface area contributed by atoms with E-state index < -0.39 is 5.82 Å². The highest BCUT2D eigenvalue weighted by atomic mass is 79.9. The third kappa shape index (κ3) is 3.95. The monoisotopic (exact) mass is 357 g/mol. The molecule has 0 aromatic heterocycles. The van der Waals surface area contributed by atoms with Gasteiger partial charge in [0.25, 0.3) is 5.91 Å². The second-order valence-corrected chi connectivity index (χ2v) is 5.16. The van der Waals surface area contributed by atoms with E-state index in [1.54, 1.807) is 12.1 Å². The Morgan fingerprint density at radius 2 is 2.05 bits per heavy atom. The van der Waals surface area contributed by atoms with Crippen LogP contribution < -0.4 is 10.1 Å². The standard InChI is InChI=1S/C14H10BrClFNO2/c15-10-3-1-2-4-13(10)20-8-14(19)18-9-5-6-12(17)11(16)7-9/h1-7H,8H2,(H,18,19). The van der Waals surface area contributed by atoms with Gasteiger partial charge in [-0.1, -0.05) is 23.7 Å². The van der Waals surface area contributed by atoms with E-state index in [0.717, 1.165) is 4.47 Å². The van der Waals surface area contributed by atoms with Gasteiger partial charge in [-0.15, -0.1) is 0 Å². The summed E-state index contributed by atoms with van der Waals surface area (Å²) in [4.78, 5) is 11.7. The summed E-state index contributed by atoms with van der Waals surface area (Å²) in [6, 6.07) is 11.2. The molecule has 20 heavy (non-hydrogen) atoms. The number of carbonyl (C=O) groups excluding carboxylic acids is 1. The minimum atomic E-state index is -0.533. The first-order chi connectivity index (χ1) is 9.56. The number of anilines is 1. The van der Waals surface area contributed by atoms with Crippen molar-refractivity contribution < 1.29 is 13.9 Å². The van der Waals surface area contributed by atoms with E-state index in [2.05, 4.69) is 21.2 Å². The van der Waals surface area contributed by atoms with Gasteiger partial charge in [-0.3, -0.25) is 4.79 Å². The van der Waals surface area contributed by atoms with Crippen LogP contribution in [0.3, 0.4) is 0 Å². The summed E-state index contributed by atoms with van der Waals surface area (Å²) in [5.41, 5.74) is 0.414. The molecule has 2 aromatic carbocycles. The fraction of sp³-hybridized carbons (Fsp3) is 0.0714. The molecular formula is C14H10BrClFNO2. The molecule has 104 valence electrons. The van der Waals surface area contributed by atoms with Gasteiger partial charge in [0.05, 0.1) is 9.50 Å². The average Bonchev–Trinajstić information content (AvgIpc) is 2.42. The molecule has 0 atom stereocenters. The van der Waals surface area contributed by atoms with Crippen molar-refractivity contribution in [3.63, 3.8) is 0 Å². The first-order valence-electron chi connectivity index (χ1n) is 5.68. The molecule has 6 heteroatoms. The van der Waals surface area contributed by atoms with Crippen LogP contribution in [0.25, 0.3) is 0 Å². The number of para-hydroxylation sites is 1. The van der Waals surface area contributed by atoms with Crippen molar-refractivity contribution in [3.05, 3.63) is 57.8 Å². The molecule has 0 aliphatic rings. The van der Waals surface area contributed by atoms with E-state index in [-0.39, 0.29) is 17.5 Å². The van der Waals surface area contributed by atoms with Crippen molar-refractivity contribution in [2.75, 3.05) is 11.9 Å². The summed E-state index contributed by atoms with van der Waals surface area (Å²) in [7, 11) is 0. The average molecular weight is 359 g/mol. The Morgan fingerprint density at radius 3 is 2.75 bits per heavy atom. The van der Waals surface area contributed by atoms with E-state index in [4.69, 9.17) is 16.3 Å². The van der Waals surface area contributed by atoms with Crippen LogP contribution in [0.15, 0.2) is 46.9 Å². The molecule has 1 N–H and O–H groups in total. The summed E-state index contributed by atoms with van der Waals surface area (Å²) < 4.78 is 19.1. The molecule has 2 aromatic rings. The number of nitrogens with one attached hydrogen (secondary N) is 1. The van der Waals surface area contributed by atoms with Gasteiger partial charge in [0.1, 0.15) is 11.6 Å². The molecule has 2 rings (SSSR count). The summed E-state index contributed by atoms with van der Waals surface area (Å²) >= 11 is 8.94. The van der Waals surface area contributed by atoms with Gasteiger partial charge >= 0.3 is 0 Å². The predicted octanol–water partition coefficient (Wildman–Crippen LogP) is 4.26. The minimum absolute atomic E-state index is 0.0467. The van der Waals surface area contributed by atoms with Gasteiger partial charge in [0.2, 0.25) is 0 Å². The van der Waals surface area contributed by atoms with E-state index in [9.17, 15) is 9.18 Å². The summed E-state index contributed by atoms with van der Waals surface area (Å²) in [5.74, 6) is -0.322. The third-order valence-electron chi connectivity index (χ3n) is 2.40. The van der Waals surface area contributed by atoms with Crippen LogP contribution in [0.5, 0.6) is 5.75 Å². The van der Waals surface area contributed by atoms with Crippen molar-refractivity contribution in [1.29, 1.82) is 0 Å². The largest absolute Gasteiger partial charge is 0.483 e. The highest BCUT2D eigenvalue weighted by Gasteiger charge is 2.07. The second kappa shape index (κ2) is 6.72. The fourth-order valence-electron chi connectivity index (χ4n) is 1.48. The van der Waals surface area contributed by atoms with Crippen molar-refractivity contribution in [3.8, 4) is 5.75 Å². The number of ether oxygens (including phenoxy) is 1. The number of halogens is 3. The molecule has 0 aliphatic heterocycles. The fourth-order valence-corrected chi connectivity index (χ4v) is 2.06. The Morgan fingerprint density at radius 1 is 1.30 bits per heavy atom. The van der Waals surface area contributed by atoms with Crippen LogP contribution in [0.1, 0.15) is 0 Å². The number of benzene rings is 2. The van der Waals surface area contributed by atoms with Gasteiger partial charge in [-0.2, -0.15) is 0 Å². The van der Waals surface area contributed by atoms with Gasteiger partial charge < -0.3 is 10.1 Å². The topological polar surface area (TPSA) is 38.3 Å². The first kappa shape index (κ1) is 14.8. The molecule has 0 spiro atoms. The highest BCUT2D eigenvalue weighted by Crippen LogP contribution is 2.24. The number of amides is 1. The molecule has 1 amide bonds. The predicted molar refractivity (Wildman–Crippen MR) is 79.7 cm³/mol. The molecule has 0 aliphatic carbocycles. The zero-order chi connectivity index (χ0) is 14.5. The van der Waals surface area contributed by atoms with Crippen molar-refractivity contribution in [2.24, 2.45) is 0 Å². The van der Waals surface area contributed by atoms with Crippen LogP contribution in [0.4, 0.5) is 10.1 Å². The van der Waals surface area contributed by atoms with Crippen LogP contribution in [-0.4, -0.2) is 12.5 Å². The van der Waals surface area contributed by atoms with Crippen LogP contribution in [0.2, 0.25) is 5.02 Å². The third-order valence-corrected chi connectivity index (χ3v) is 3.34. The zero-order valence-electron chi connectivity index (χ0n) is 10.2. The quantitative estimate of drug-likeness (QED) is 0.887. The summed E-state index contributed by atoms with van der Waals surface area (Å²) in [6.45, 7) is -0.155. The Hall–Kier alpha value is -1.59. The Labute approximate surface area is 128 Å². The van der Waals surface area contributed by atoms with Gasteiger partial charge in [-0.25, -0.2) is 4.39 Å². The lowest BCUT2D eigenvalue weighted by Gasteiger charge is -2.09. The van der Waals surface area contributed by atoms with Crippen molar-refractivity contribution in [1.82, 2.24) is 0 Å². The number of carbonyl (C=O) groups is 1. The molecule has 0 unspecified atom stereocenters. The zero-order valence-corrected chi connectivity index (χ0v) is 12.5. The maximum Gasteiger partial charge on any atom is 0.262 e. The lowest BCUT2D eigenvalue weighted by Crippen LogP contribution is -2.20.